The summed E-state index contributed by atoms with van der Waals surface area (Å²) < 4.78 is 5.21. The molecule has 1 N–H and O–H groups in total. The molecule has 0 aliphatic heterocycles. The number of carbonyl (C=O) groups is 1. The number of nitrogens with one attached hydrogen (secondary N) is 1. The Hall–Kier alpha value is -2.65. The van der Waals surface area contributed by atoms with Crippen LogP contribution in [0.2, 0.25) is 0 Å². The van der Waals surface area contributed by atoms with Gasteiger partial charge in [0.2, 0.25) is 5.91 Å². The van der Waals surface area contributed by atoms with Gasteiger partial charge in [0.1, 0.15) is 16.8 Å². The Kier molecular flexibility index (Phi) is 4.13. The molecular weight excluding hydrogens is 310 g/mol. The van der Waals surface area contributed by atoms with Crippen LogP contribution in [0.1, 0.15) is 28.6 Å². The van der Waals surface area contributed by atoms with Gasteiger partial charge in [0.15, 0.2) is 5.58 Å². The molecule has 0 aliphatic carbocycles. The van der Waals surface area contributed by atoms with E-state index in [4.69, 9.17) is 4.52 Å². The molecule has 0 spiro atoms. The monoisotopic (exact) mass is 325 g/mol. The van der Waals surface area contributed by atoms with Crippen molar-refractivity contribution in [1.29, 1.82) is 5.26 Å². The van der Waals surface area contributed by atoms with Crippen molar-refractivity contribution in [2.24, 2.45) is 0 Å². The predicted octanol–water partition coefficient (Wildman–Crippen LogP) is 3.81. The maximum Gasteiger partial charge on any atom is 0.231 e. The number of amides is 1. The lowest BCUT2D eigenvalue weighted by Crippen LogP contribution is -2.14. The van der Waals surface area contributed by atoms with Crippen molar-refractivity contribution in [3.05, 3.63) is 46.0 Å². The lowest BCUT2D eigenvalue weighted by atomic mass is 10.1. The van der Waals surface area contributed by atoms with E-state index < -0.39 is 0 Å². The van der Waals surface area contributed by atoms with Crippen LogP contribution in [-0.2, 0) is 17.6 Å². The number of anilines is 1. The highest BCUT2D eigenvalue weighted by Crippen LogP contribution is 2.32. The van der Waals surface area contributed by atoms with E-state index in [0.717, 1.165) is 22.2 Å². The molecule has 5 nitrogen and oxygen atoms in total. The molecule has 0 saturated carbocycles. The first-order chi connectivity index (χ1) is 11.1. The van der Waals surface area contributed by atoms with Gasteiger partial charge in [0.05, 0.1) is 12.0 Å². The molecule has 0 radical (unpaired) electrons. The zero-order valence-electron chi connectivity index (χ0n) is 12.8. The molecule has 2 aromatic heterocycles. The maximum atomic E-state index is 12.3. The number of thiophene rings is 1. The minimum atomic E-state index is -0.204. The molecule has 0 unspecified atom stereocenters. The van der Waals surface area contributed by atoms with Gasteiger partial charge in [0, 0.05) is 10.3 Å². The Morgan fingerprint density at radius 1 is 1.43 bits per heavy atom. The highest BCUT2D eigenvalue weighted by molar-refractivity contribution is 7.16. The molecule has 0 fully saturated rings. The number of nitriles is 1. The van der Waals surface area contributed by atoms with Crippen LogP contribution in [0, 0.1) is 18.3 Å². The van der Waals surface area contributed by atoms with E-state index in [1.54, 1.807) is 0 Å². The smallest absolute Gasteiger partial charge is 0.231 e. The molecule has 1 aromatic carbocycles. The van der Waals surface area contributed by atoms with Gasteiger partial charge in [-0.25, -0.2) is 0 Å². The summed E-state index contributed by atoms with van der Waals surface area (Å²) in [6, 6.07) is 9.62. The SMILES string of the molecule is CCc1c(C)sc(NC(=O)Cc2noc3ccccc23)c1C#N. The van der Waals surface area contributed by atoms with Crippen LogP contribution < -0.4 is 5.32 Å². The van der Waals surface area contributed by atoms with Crippen LogP contribution in [-0.4, -0.2) is 11.1 Å². The minimum absolute atomic E-state index is 0.111. The van der Waals surface area contributed by atoms with Crippen LogP contribution in [0.4, 0.5) is 5.00 Å². The molecule has 1 amide bonds. The normalized spacial score (nSPS) is 10.7. The number of aromatic nitrogens is 1. The fourth-order valence-corrected chi connectivity index (χ4v) is 3.71. The fourth-order valence-electron chi connectivity index (χ4n) is 2.60. The van der Waals surface area contributed by atoms with Crippen LogP contribution in [0.5, 0.6) is 0 Å². The molecule has 0 aliphatic rings. The van der Waals surface area contributed by atoms with Crippen molar-refractivity contribution in [1.82, 2.24) is 5.16 Å². The van der Waals surface area contributed by atoms with E-state index >= 15 is 0 Å². The van der Waals surface area contributed by atoms with Crippen molar-refractivity contribution >= 4 is 33.2 Å². The Morgan fingerprint density at radius 2 is 2.22 bits per heavy atom. The van der Waals surface area contributed by atoms with E-state index in [1.807, 2.05) is 38.1 Å². The summed E-state index contributed by atoms with van der Waals surface area (Å²) in [6.07, 6.45) is 0.884. The Bertz CT molecular complexity index is 918. The average Bonchev–Trinajstić information content (AvgIpc) is 3.08. The summed E-state index contributed by atoms with van der Waals surface area (Å²) in [6.45, 7) is 3.97. The van der Waals surface area contributed by atoms with Gasteiger partial charge in [-0.1, -0.05) is 24.2 Å². The van der Waals surface area contributed by atoms with Crippen LogP contribution >= 0.6 is 11.3 Å². The Labute approximate surface area is 137 Å². The van der Waals surface area contributed by atoms with Crippen molar-refractivity contribution in [2.75, 3.05) is 5.32 Å². The lowest BCUT2D eigenvalue weighted by molar-refractivity contribution is -0.115. The van der Waals surface area contributed by atoms with Gasteiger partial charge in [-0.3, -0.25) is 4.79 Å². The molecule has 116 valence electrons. The minimum Gasteiger partial charge on any atom is -0.356 e. The second-order valence-electron chi connectivity index (χ2n) is 5.16. The first kappa shape index (κ1) is 15.3. The molecule has 0 saturated heterocycles. The lowest BCUT2D eigenvalue weighted by Gasteiger charge is -2.02. The van der Waals surface area contributed by atoms with Crippen LogP contribution in [0.3, 0.4) is 0 Å². The van der Waals surface area contributed by atoms with E-state index in [2.05, 4.69) is 16.5 Å². The molecular formula is C17H15N3O2S. The van der Waals surface area contributed by atoms with Crippen molar-refractivity contribution in [3.63, 3.8) is 0 Å². The maximum absolute atomic E-state index is 12.3. The zero-order chi connectivity index (χ0) is 16.4. The first-order valence-corrected chi connectivity index (χ1v) is 8.11. The highest BCUT2D eigenvalue weighted by Gasteiger charge is 2.18. The Balaban J connectivity index is 1.82. The van der Waals surface area contributed by atoms with Crippen LogP contribution in [0.15, 0.2) is 28.8 Å². The van der Waals surface area contributed by atoms with Gasteiger partial charge in [-0.2, -0.15) is 5.26 Å². The van der Waals surface area contributed by atoms with Crippen LogP contribution in [0.25, 0.3) is 11.0 Å². The molecule has 0 bridgehead atoms. The number of hydrogen-bond donors (Lipinski definition) is 1. The summed E-state index contributed by atoms with van der Waals surface area (Å²) in [5.74, 6) is -0.204. The first-order valence-electron chi connectivity index (χ1n) is 7.29. The fraction of sp³-hybridized carbons (Fsp3) is 0.235. The standard InChI is InChI=1S/C17H15N3O2S/c1-3-11-10(2)23-17(13(11)9-18)19-16(21)8-14-12-6-4-5-7-15(12)22-20-14/h4-7H,3,8H2,1-2H3,(H,19,21). The van der Waals surface area contributed by atoms with Crippen molar-refractivity contribution in [3.8, 4) is 6.07 Å². The number of para-hydroxylation sites is 1. The molecule has 0 atom stereocenters. The summed E-state index contributed by atoms with van der Waals surface area (Å²) in [5, 5.41) is 17.6. The summed E-state index contributed by atoms with van der Waals surface area (Å²) in [7, 11) is 0. The zero-order valence-corrected chi connectivity index (χ0v) is 13.7. The third-order valence-corrected chi connectivity index (χ3v) is 4.77. The largest absolute Gasteiger partial charge is 0.356 e. The van der Waals surface area contributed by atoms with Crippen molar-refractivity contribution < 1.29 is 9.32 Å². The van der Waals surface area contributed by atoms with E-state index in [-0.39, 0.29) is 12.3 Å². The number of aryl methyl sites for hydroxylation is 1. The van der Waals surface area contributed by atoms with E-state index in [0.29, 0.717) is 21.8 Å². The van der Waals surface area contributed by atoms with E-state index in [1.165, 1.54) is 11.3 Å². The predicted molar refractivity (Wildman–Crippen MR) is 89.5 cm³/mol. The quantitative estimate of drug-likeness (QED) is 0.791. The summed E-state index contributed by atoms with van der Waals surface area (Å²) >= 11 is 1.44. The summed E-state index contributed by atoms with van der Waals surface area (Å²) in [5.41, 5.74) is 2.82. The highest BCUT2D eigenvalue weighted by atomic mass is 32.1. The van der Waals surface area contributed by atoms with Gasteiger partial charge in [-0.15, -0.1) is 11.3 Å². The third kappa shape index (κ3) is 2.83. The average molecular weight is 325 g/mol. The molecule has 3 rings (SSSR count). The topological polar surface area (TPSA) is 78.9 Å². The number of carbonyl (C=O) groups excluding carboxylic acids is 1. The van der Waals surface area contributed by atoms with Gasteiger partial charge in [-0.05, 0) is 31.0 Å². The van der Waals surface area contributed by atoms with Gasteiger partial charge >= 0.3 is 0 Å². The number of rotatable bonds is 4. The number of nitrogens with zero attached hydrogens (tertiary/aromatic N) is 2. The summed E-state index contributed by atoms with van der Waals surface area (Å²) in [4.78, 5) is 13.4. The second kappa shape index (κ2) is 6.23. The number of fused-ring (bicyclic) bond motifs is 1. The second-order valence-corrected chi connectivity index (χ2v) is 6.38. The molecule has 23 heavy (non-hydrogen) atoms. The Morgan fingerprint density at radius 3 is 2.96 bits per heavy atom. The molecule has 3 aromatic rings. The number of benzene rings is 1. The number of hydrogen-bond acceptors (Lipinski definition) is 5. The van der Waals surface area contributed by atoms with E-state index in [9.17, 15) is 10.1 Å². The third-order valence-electron chi connectivity index (χ3n) is 3.71. The van der Waals surface area contributed by atoms with Gasteiger partial charge < -0.3 is 9.84 Å². The molecule has 6 heteroatoms. The van der Waals surface area contributed by atoms with Crippen molar-refractivity contribution in [2.45, 2.75) is 26.7 Å². The van der Waals surface area contributed by atoms with Gasteiger partial charge in [0.25, 0.3) is 0 Å². The molecule has 2 heterocycles.